The van der Waals surface area contributed by atoms with Gasteiger partial charge in [-0.25, -0.2) is 10.1 Å². The van der Waals surface area contributed by atoms with Crippen molar-refractivity contribution in [1.82, 2.24) is 5.43 Å². The summed E-state index contributed by atoms with van der Waals surface area (Å²) in [5, 5.41) is 19.5. The van der Waals surface area contributed by atoms with Crippen molar-refractivity contribution in [2.75, 3.05) is 5.32 Å². The second kappa shape index (κ2) is 6.53. The summed E-state index contributed by atoms with van der Waals surface area (Å²) in [6.07, 6.45) is 4.13. The van der Waals surface area contributed by atoms with Gasteiger partial charge in [-0.1, -0.05) is 30.4 Å². The summed E-state index contributed by atoms with van der Waals surface area (Å²) in [6.45, 7) is 0. The number of nitro groups is 1. The molecule has 0 bridgehead atoms. The zero-order chi connectivity index (χ0) is 13.9. The van der Waals surface area contributed by atoms with E-state index in [4.69, 9.17) is 11.1 Å². The van der Waals surface area contributed by atoms with Crippen LogP contribution in [-0.2, 0) is 5.54 Å². The molecule has 2 rings (SSSR count). The lowest BCUT2D eigenvalue weighted by molar-refractivity contribution is -0.525. The molecule has 0 spiro atoms. The maximum absolute atomic E-state index is 10.2. The first-order valence-corrected chi connectivity index (χ1v) is 6.16. The van der Waals surface area contributed by atoms with Crippen molar-refractivity contribution in [3.63, 3.8) is 0 Å². The van der Waals surface area contributed by atoms with E-state index < -0.39 is 5.03 Å². The van der Waals surface area contributed by atoms with Gasteiger partial charge in [-0.15, -0.1) is 12.4 Å². The van der Waals surface area contributed by atoms with Gasteiger partial charge in [-0.05, 0) is 30.5 Å². The van der Waals surface area contributed by atoms with Crippen LogP contribution < -0.4 is 16.5 Å². The molecule has 1 saturated carbocycles. The van der Waals surface area contributed by atoms with Crippen LogP contribution in [0.5, 0.6) is 0 Å². The van der Waals surface area contributed by atoms with Crippen LogP contribution in [0.1, 0.15) is 31.2 Å². The van der Waals surface area contributed by atoms with Gasteiger partial charge >= 0.3 is 0 Å². The predicted molar refractivity (Wildman–Crippen MR) is 79.5 cm³/mol. The number of hydrogen-bond acceptors (Lipinski definition) is 4. The van der Waals surface area contributed by atoms with Crippen LogP contribution in [0.3, 0.4) is 0 Å². The van der Waals surface area contributed by atoms with Crippen LogP contribution in [0.25, 0.3) is 0 Å². The molecular weight excluding hydrogens is 282 g/mol. The normalized spacial score (nSPS) is 16.1. The third kappa shape index (κ3) is 3.82. The molecule has 0 aliphatic heterocycles. The molecule has 1 fully saturated rings. The Hall–Kier alpha value is -1.86. The Labute approximate surface area is 123 Å². The molecule has 0 amide bonds. The minimum atomic E-state index is -0.777. The Bertz CT molecular complexity index is 502. The average molecular weight is 300 g/mol. The molecule has 0 radical (unpaired) electrons. The molecular formula is C12H18ClN5O2. The van der Waals surface area contributed by atoms with Crippen molar-refractivity contribution < 1.29 is 5.03 Å². The summed E-state index contributed by atoms with van der Waals surface area (Å²) < 4.78 is 0. The quantitative estimate of drug-likeness (QED) is 0.294. The van der Waals surface area contributed by atoms with Crippen LogP contribution in [-0.4, -0.2) is 11.0 Å². The first-order chi connectivity index (χ1) is 8.99. The molecule has 7 nitrogen and oxygen atoms in total. The van der Waals surface area contributed by atoms with Gasteiger partial charge in [0.05, 0.1) is 0 Å². The van der Waals surface area contributed by atoms with Crippen molar-refractivity contribution in [2.45, 2.75) is 31.2 Å². The third-order valence-corrected chi connectivity index (χ3v) is 3.41. The van der Waals surface area contributed by atoms with Crippen molar-refractivity contribution in [3.8, 4) is 0 Å². The monoisotopic (exact) mass is 299 g/mol. The van der Waals surface area contributed by atoms with Gasteiger partial charge in [0.15, 0.2) is 5.03 Å². The average Bonchev–Trinajstić information content (AvgIpc) is 2.77. The summed E-state index contributed by atoms with van der Waals surface area (Å²) in [6, 6.07) is 7.39. The first kappa shape index (κ1) is 16.2. The van der Waals surface area contributed by atoms with Crippen molar-refractivity contribution >= 4 is 24.1 Å². The smallest absolute Gasteiger partial charge is 0.255 e. The number of guanidine groups is 1. The number of benzene rings is 1. The highest BCUT2D eigenvalue weighted by molar-refractivity contribution is 5.90. The van der Waals surface area contributed by atoms with Gasteiger partial charge in [-0.2, -0.15) is 0 Å². The van der Waals surface area contributed by atoms with Crippen LogP contribution in [0.4, 0.5) is 5.69 Å². The van der Waals surface area contributed by atoms with Gasteiger partial charge < -0.3 is 11.1 Å². The highest BCUT2D eigenvalue weighted by atomic mass is 35.5. The third-order valence-electron chi connectivity index (χ3n) is 3.41. The van der Waals surface area contributed by atoms with Crippen LogP contribution >= 0.6 is 12.4 Å². The Morgan fingerprint density at radius 2 is 2.05 bits per heavy atom. The van der Waals surface area contributed by atoms with Gasteiger partial charge in [0.25, 0.3) is 5.96 Å². The number of hydrogen-bond donors (Lipinski definition) is 4. The second-order valence-electron chi connectivity index (χ2n) is 4.81. The molecule has 8 heteroatoms. The SMILES string of the molecule is Cl.N=C(Nc1cccc(C2(N)CCCC2)c1)N[N+](=O)[O-]. The van der Waals surface area contributed by atoms with E-state index in [1.54, 1.807) is 11.5 Å². The molecule has 0 unspecified atom stereocenters. The van der Waals surface area contributed by atoms with Gasteiger partial charge in [0.1, 0.15) is 0 Å². The van der Waals surface area contributed by atoms with Gasteiger partial charge in [-0.3, -0.25) is 5.41 Å². The Morgan fingerprint density at radius 3 is 2.65 bits per heavy atom. The number of hydrazine groups is 1. The van der Waals surface area contributed by atoms with E-state index in [1.807, 2.05) is 18.2 Å². The van der Waals surface area contributed by atoms with Crippen LogP contribution in [0.15, 0.2) is 24.3 Å². The highest BCUT2D eigenvalue weighted by Gasteiger charge is 2.31. The molecule has 1 aliphatic carbocycles. The standard InChI is InChI=1S/C12H17N5O2.ClH/c13-11(16-17(18)19)15-10-5-3-4-9(8-10)12(14)6-1-2-7-12;/h3-5,8H,1-2,6-7,14H2,(H3,13,15,16);1H. The molecule has 5 N–H and O–H groups in total. The summed E-state index contributed by atoms with van der Waals surface area (Å²) in [5.41, 5.74) is 9.42. The number of anilines is 1. The van der Waals surface area contributed by atoms with Crippen LogP contribution in [0, 0.1) is 15.5 Å². The van der Waals surface area contributed by atoms with Crippen molar-refractivity contribution in [3.05, 3.63) is 39.9 Å². The molecule has 0 aromatic heterocycles. The molecule has 0 atom stereocenters. The van der Waals surface area contributed by atoms with E-state index in [2.05, 4.69) is 5.32 Å². The zero-order valence-electron chi connectivity index (χ0n) is 10.9. The fraction of sp³-hybridized carbons (Fsp3) is 0.417. The van der Waals surface area contributed by atoms with Gasteiger partial charge in [0.2, 0.25) is 0 Å². The second-order valence-corrected chi connectivity index (χ2v) is 4.81. The molecule has 20 heavy (non-hydrogen) atoms. The minimum absolute atomic E-state index is 0. The topological polar surface area (TPSA) is 117 Å². The highest BCUT2D eigenvalue weighted by Crippen LogP contribution is 2.36. The summed E-state index contributed by atoms with van der Waals surface area (Å²) in [5.74, 6) is -0.375. The molecule has 110 valence electrons. The summed E-state index contributed by atoms with van der Waals surface area (Å²) >= 11 is 0. The lowest BCUT2D eigenvalue weighted by Gasteiger charge is -2.24. The summed E-state index contributed by atoms with van der Waals surface area (Å²) in [7, 11) is 0. The van der Waals surface area contributed by atoms with E-state index in [-0.39, 0.29) is 23.9 Å². The van der Waals surface area contributed by atoms with E-state index in [9.17, 15) is 10.1 Å². The number of rotatable bonds is 3. The molecule has 1 aromatic rings. The maximum atomic E-state index is 10.2. The lowest BCUT2D eigenvalue weighted by Crippen LogP contribution is -2.35. The maximum Gasteiger partial charge on any atom is 0.255 e. The lowest BCUT2D eigenvalue weighted by atomic mass is 9.89. The molecule has 0 heterocycles. The molecule has 1 aliphatic rings. The molecule has 0 saturated heterocycles. The van der Waals surface area contributed by atoms with Crippen LogP contribution in [0.2, 0.25) is 0 Å². The number of nitrogens with zero attached hydrogens (tertiary/aromatic N) is 1. The van der Waals surface area contributed by atoms with E-state index in [0.29, 0.717) is 5.69 Å². The predicted octanol–water partition coefficient (Wildman–Crippen LogP) is 1.96. The Balaban J connectivity index is 0.00000200. The Kier molecular flexibility index (Phi) is 5.29. The zero-order valence-corrected chi connectivity index (χ0v) is 11.7. The fourth-order valence-electron chi connectivity index (χ4n) is 2.46. The minimum Gasteiger partial charge on any atom is -0.322 e. The molecule has 1 aromatic carbocycles. The van der Waals surface area contributed by atoms with Crippen molar-refractivity contribution in [1.29, 1.82) is 5.41 Å². The number of nitrogens with two attached hydrogens (primary N) is 1. The van der Waals surface area contributed by atoms with Gasteiger partial charge in [0, 0.05) is 11.2 Å². The van der Waals surface area contributed by atoms with E-state index in [1.165, 1.54) is 0 Å². The first-order valence-electron chi connectivity index (χ1n) is 6.16. The Morgan fingerprint density at radius 1 is 1.40 bits per heavy atom. The number of nitrogens with one attached hydrogen (secondary N) is 3. The fourth-order valence-corrected chi connectivity index (χ4v) is 2.46. The van der Waals surface area contributed by atoms with E-state index in [0.717, 1.165) is 31.2 Å². The largest absolute Gasteiger partial charge is 0.322 e. The summed E-state index contributed by atoms with van der Waals surface area (Å²) in [4.78, 5) is 10.2. The van der Waals surface area contributed by atoms with E-state index >= 15 is 0 Å². The van der Waals surface area contributed by atoms with Crippen molar-refractivity contribution in [2.24, 2.45) is 5.73 Å². The number of halogens is 1.